The molecule has 2 N–H and O–H groups in total. The Morgan fingerprint density at radius 1 is 1.19 bits per heavy atom. The van der Waals surface area contributed by atoms with Gasteiger partial charge in [0.1, 0.15) is 17.2 Å². The molecule has 2 atom stereocenters. The van der Waals surface area contributed by atoms with Crippen molar-refractivity contribution >= 4 is 23.6 Å². The van der Waals surface area contributed by atoms with E-state index in [-0.39, 0.29) is 22.9 Å². The average molecular weight is 370 g/mol. The summed E-state index contributed by atoms with van der Waals surface area (Å²) < 4.78 is 0. The van der Waals surface area contributed by atoms with Crippen molar-refractivity contribution in [1.29, 1.82) is 0 Å². The van der Waals surface area contributed by atoms with Gasteiger partial charge in [-0.2, -0.15) is 0 Å². The Balaban J connectivity index is 1.72. The van der Waals surface area contributed by atoms with Crippen molar-refractivity contribution in [3.63, 3.8) is 0 Å². The maximum atomic E-state index is 12.7. The fourth-order valence-electron chi connectivity index (χ4n) is 3.04. The van der Waals surface area contributed by atoms with Crippen molar-refractivity contribution in [2.24, 2.45) is 0 Å². The number of phenols is 1. The molecule has 1 heterocycles. The van der Waals surface area contributed by atoms with Crippen LogP contribution in [0, 0.1) is 6.92 Å². The van der Waals surface area contributed by atoms with Crippen LogP contribution < -0.4 is 5.32 Å². The van der Waals surface area contributed by atoms with E-state index in [1.807, 2.05) is 37.3 Å². The number of thioether (sulfide) groups is 1. The van der Waals surface area contributed by atoms with Gasteiger partial charge in [-0.05, 0) is 18.6 Å². The largest absolute Gasteiger partial charge is 0.508 e. The quantitative estimate of drug-likeness (QED) is 0.868. The highest BCUT2D eigenvalue weighted by molar-refractivity contribution is 7.99. The summed E-state index contributed by atoms with van der Waals surface area (Å²) >= 11 is 1.49. The molecule has 0 aliphatic carbocycles. The highest BCUT2D eigenvalue weighted by Crippen LogP contribution is 2.44. The van der Waals surface area contributed by atoms with E-state index in [0.29, 0.717) is 17.9 Å². The van der Waals surface area contributed by atoms with Gasteiger partial charge < -0.3 is 15.3 Å². The Kier molecular flexibility index (Phi) is 5.52. The van der Waals surface area contributed by atoms with Crippen LogP contribution in [-0.2, 0) is 16.1 Å². The van der Waals surface area contributed by atoms with Gasteiger partial charge in [-0.25, -0.2) is 0 Å². The molecule has 2 aromatic carbocycles. The number of aromatic hydroxyl groups is 1. The molecule has 1 aliphatic heterocycles. The van der Waals surface area contributed by atoms with E-state index in [1.54, 1.807) is 23.1 Å². The van der Waals surface area contributed by atoms with E-state index < -0.39 is 6.04 Å². The lowest BCUT2D eigenvalue weighted by molar-refractivity contribution is -0.138. The molecule has 3 rings (SSSR count). The monoisotopic (exact) mass is 370 g/mol. The summed E-state index contributed by atoms with van der Waals surface area (Å²) in [6.07, 6.45) is 0. The van der Waals surface area contributed by atoms with Gasteiger partial charge in [-0.3, -0.25) is 9.59 Å². The number of carbonyl (C=O) groups is 2. The lowest BCUT2D eigenvalue weighted by Crippen LogP contribution is -2.47. The van der Waals surface area contributed by atoms with Crippen molar-refractivity contribution in [3.05, 3.63) is 65.2 Å². The minimum absolute atomic E-state index is 0.136. The lowest BCUT2D eigenvalue weighted by atomic mass is 10.1. The number of nitrogens with zero attached hydrogens (tertiary/aromatic N) is 1. The second kappa shape index (κ2) is 7.83. The molecule has 2 aromatic rings. The standard InChI is InChI=1S/C20H22N2O3S/c1-13-7-9-15(10-8-13)11-21-19(25)17-12-26-20(22(17)14(2)23)16-5-3-4-6-18(16)24/h3-10,17,20,24H,11-12H2,1-2H3,(H,21,25)/t17-,20+/m0/s1. The minimum atomic E-state index is -0.549. The van der Waals surface area contributed by atoms with Gasteiger partial charge in [0.25, 0.3) is 0 Å². The molecule has 1 aliphatic rings. The van der Waals surface area contributed by atoms with Crippen LogP contribution in [0.1, 0.15) is 29.0 Å². The van der Waals surface area contributed by atoms with E-state index in [9.17, 15) is 14.7 Å². The Hall–Kier alpha value is -2.47. The number of amides is 2. The lowest BCUT2D eigenvalue weighted by Gasteiger charge is -2.28. The number of rotatable bonds is 4. The molecule has 0 bridgehead atoms. The van der Waals surface area contributed by atoms with E-state index in [2.05, 4.69) is 5.32 Å². The summed E-state index contributed by atoms with van der Waals surface area (Å²) in [5.74, 6) is 0.278. The number of carbonyl (C=O) groups excluding carboxylic acids is 2. The first-order valence-electron chi connectivity index (χ1n) is 8.49. The molecular formula is C20H22N2O3S. The third-order valence-electron chi connectivity index (χ3n) is 4.46. The van der Waals surface area contributed by atoms with Crippen LogP contribution in [0.5, 0.6) is 5.75 Å². The molecule has 0 saturated carbocycles. The van der Waals surface area contributed by atoms with E-state index in [0.717, 1.165) is 5.56 Å². The van der Waals surface area contributed by atoms with Crippen LogP contribution in [0.25, 0.3) is 0 Å². The summed E-state index contributed by atoms with van der Waals surface area (Å²) in [4.78, 5) is 26.5. The van der Waals surface area contributed by atoms with Gasteiger partial charge in [-0.15, -0.1) is 11.8 Å². The van der Waals surface area contributed by atoms with Crippen molar-refractivity contribution < 1.29 is 14.7 Å². The van der Waals surface area contributed by atoms with Crippen LogP contribution in [0.2, 0.25) is 0 Å². The Labute approximate surface area is 157 Å². The van der Waals surface area contributed by atoms with E-state index >= 15 is 0 Å². The average Bonchev–Trinajstić information content (AvgIpc) is 3.06. The smallest absolute Gasteiger partial charge is 0.243 e. The van der Waals surface area contributed by atoms with Crippen molar-refractivity contribution in [3.8, 4) is 5.75 Å². The maximum absolute atomic E-state index is 12.7. The fraction of sp³-hybridized carbons (Fsp3) is 0.300. The van der Waals surface area contributed by atoms with Crippen LogP contribution in [-0.4, -0.2) is 33.6 Å². The summed E-state index contributed by atoms with van der Waals surface area (Å²) in [7, 11) is 0. The molecule has 0 spiro atoms. The van der Waals surface area contributed by atoms with Crippen molar-refractivity contribution in [1.82, 2.24) is 10.2 Å². The van der Waals surface area contributed by atoms with Crippen LogP contribution in [0.4, 0.5) is 0 Å². The number of nitrogens with one attached hydrogen (secondary N) is 1. The summed E-state index contributed by atoms with van der Waals surface area (Å²) in [6.45, 7) is 3.90. The Morgan fingerprint density at radius 2 is 1.88 bits per heavy atom. The number of aryl methyl sites for hydroxylation is 1. The molecule has 1 fully saturated rings. The molecule has 5 nitrogen and oxygen atoms in total. The highest BCUT2D eigenvalue weighted by atomic mass is 32.2. The van der Waals surface area contributed by atoms with Gasteiger partial charge in [0, 0.05) is 24.8 Å². The number of para-hydroxylation sites is 1. The topological polar surface area (TPSA) is 69.6 Å². The number of benzene rings is 2. The van der Waals surface area contributed by atoms with Crippen LogP contribution in [0.15, 0.2) is 48.5 Å². The van der Waals surface area contributed by atoms with Crippen LogP contribution >= 0.6 is 11.8 Å². The number of phenolic OH excluding ortho intramolecular Hbond substituents is 1. The SMILES string of the molecule is CC(=O)N1[C@@H](c2ccccc2O)SC[C@H]1C(=O)NCc1ccc(C)cc1. The molecule has 26 heavy (non-hydrogen) atoms. The van der Waals surface area contributed by atoms with Gasteiger partial charge in [0.05, 0.1) is 0 Å². The van der Waals surface area contributed by atoms with E-state index in [4.69, 9.17) is 0 Å². The predicted octanol–water partition coefficient (Wildman–Crippen LogP) is 2.98. The first kappa shape index (κ1) is 18.3. The van der Waals surface area contributed by atoms with Crippen LogP contribution in [0.3, 0.4) is 0 Å². The normalized spacial score (nSPS) is 19.4. The zero-order valence-corrected chi connectivity index (χ0v) is 15.6. The number of hydrogen-bond acceptors (Lipinski definition) is 4. The molecule has 0 unspecified atom stereocenters. The number of hydrogen-bond donors (Lipinski definition) is 2. The second-order valence-electron chi connectivity index (χ2n) is 6.39. The predicted molar refractivity (Wildman–Crippen MR) is 103 cm³/mol. The maximum Gasteiger partial charge on any atom is 0.243 e. The van der Waals surface area contributed by atoms with Gasteiger partial charge in [0.2, 0.25) is 11.8 Å². The molecule has 0 radical (unpaired) electrons. The Bertz CT molecular complexity index is 807. The Morgan fingerprint density at radius 3 is 2.54 bits per heavy atom. The van der Waals surface area contributed by atoms with Crippen molar-refractivity contribution in [2.75, 3.05) is 5.75 Å². The molecule has 0 aromatic heterocycles. The first-order chi connectivity index (χ1) is 12.5. The third kappa shape index (κ3) is 3.85. The van der Waals surface area contributed by atoms with E-state index in [1.165, 1.54) is 24.2 Å². The van der Waals surface area contributed by atoms with Gasteiger partial charge in [0.15, 0.2) is 0 Å². The first-order valence-corrected chi connectivity index (χ1v) is 9.54. The van der Waals surface area contributed by atoms with Gasteiger partial charge in [-0.1, -0.05) is 48.0 Å². The fourth-order valence-corrected chi connectivity index (χ4v) is 4.55. The molecule has 136 valence electrons. The summed E-state index contributed by atoms with van der Waals surface area (Å²) in [6, 6.07) is 14.4. The zero-order valence-electron chi connectivity index (χ0n) is 14.8. The van der Waals surface area contributed by atoms with Gasteiger partial charge >= 0.3 is 0 Å². The molecular weight excluding hydrogens is 348 g/mol. The third-order valence-corrected chi connectivity index (χ3v) is 5.76. The highest BCUT2D eigenvalue weighted by Gasteiger charge is 2.41. The molecule has 6 heteroatoms. The summed E-state index contributed by atoms with van der Waals surface area (Å²) in [5, 5.41) is 12.7. The zero-order chi connectivity index (χ0) is 18.7. The van der Waals surface area contributed by atoms with Crippen molar-refractivity contribution in [2.45, 2.75) is 31.8 Å². The molecule has 1 saturated heterocycles. The second-order valence-corrected chi connectivity index (χ2v) is 7.50. The minimum Gasteiger partial charge on any atom is -0.508 e. The molecule has 2 amide bonds. The summed E-state index contributed by atoms with van der Waals surface area (Å²) in [5.41, 5.74) is 2.84.